The topological polar surface area (TPSA) is 38.0 Å². The van der Waals surface area contributed by atoms with Gasteiger partial charge in [0.2, 0.25) is 0 Å². The van der Waals surface area contributed by atoms with Crippen LogP contribution in [0.2, 0.25) is 0 Å². The predicted octanol–water partition coefficient (Wildman–Crippen LogP) is 2.84. The Labute approximate surface area is 98.2 Å². The van der Waals surface area contributed by atoms with Gasteiger partial charge in [0.15, 0.2) is 0 Å². The molecule has 16 heavy (non-hydrogen) atoms. The van der Waals surface area contributed by atoms with Crippen molar-refractivity contribution in [1.82, 2.24) is 0 Å². The van der Waals surface area contributed by atoms with Crippen LogP contribution in [0, 0.1) is 0 Å². The molecule has 1 aliphatic rings. The summed E-state index contributed by atoms with van der Waals surface area (Å²) in [4.78, 5) is 0. The summed E-state index contributed by atoms with van der Waals surface area (Å²) in [6.07, 6.45) is 1.15. The summed E-state index contributed by atoms with van der Waals surface area (Å²) < 4.78 is 0. The minimum Gasteiger partial charge on any atom is -0.385 e. The van der Waals surface area contributed by atoms with Crippen LogP contribution in [0.3, 0.4) is 0 Å². The lowest BCUT2D eigenvalue weighted by Gasteiger charge is -2.28. The van der Waals surface area contributed by atoms with Crippen molar-refractivity contribution in [3.63, 3.8) is 0 Å². The van der Waals surface area contributed by atoms with Gasteiger partial charge in [-0.1, -0.05) is 32.9 Å². The number of anilines is 1. The maximum absolute atomic E-state index is 5.85. The molecule has 0 saturated heterocycles. The standard InChI is InChI=1S/C14H22N2/c1-14(2,3)11-4-5-13-12(8-11)10(9-15)6-7-16-13/h4-5,8,10,16H,6-7,9,15H2,1-3H3. The zero-order valence-corrected chi connectivity index (χ0v) is 10.5. The van der Waals surface area contributed by atoms with Crippen LogP contribution in [0.4, 0.5) is 5.69 Å². The Morgan fingerprint density at radius 1 is 1.38 bits per heavy atom. The van der Waals surface area contributed by atoms with Crippen LogP contribution in [-0.2, 0) is 5.41 Å². The molecule has 1 aromatic carbocycles. The molecule has 0 radical (unpaired) electrons. The van der Waals surface area contributed by atoms with E-state index < -0.39 is 0 Å². The van der Waals surface area contributed by atoms with E-state index in [1.807, 2.05) is 0 Å². The fourth-order valence-electron chi connectivity index (χ4n) is 2.31. The number of hydrogen-bond donors (Lipinski definition) is 2. The Morgan fingerprint density at radius 2 is 2.12 bits per heavy atom. The molecule has 0 amide bonds. The number of nitrogens with two attached hydrogens (primary N) is 1. The molecule has 0 spiro atoms. The van der Waals surface area contributed by atoms with Crippen LogP contribution >= 0.6 is 0 Å². The molecule has 0 aromatic heterocycles. The lowest BCUT2D eigenvalue weighted by atomic mass is 9.82. The van der Waals surface area contributed by atoms with Crippen molar-refractivity contribution in [2.24, 2.45) is 5.73 Å². The van der Waals surface area contributed by atoms with Gasteiger partial charge in [-0.25, -0.2) is 0 Å². The molecule has 1 aromatic rings. The summed E-state index contributed by atoms with van der Waals surface area (Å²) in [5, 5.41) is 3.45. The first-order valence-electron chi connectivity index (χ1n) is 6.11. The van der Waals surface area contributed by atoms with Crippen LogP contribution in [0.1, 0.15) is 44.2 Å². The first kappa shape index (κ1) is 11.5. The van der Waals surface area contributed by atoms with Crippen molar-refractivity contribution in [3.05, 3.63) is 29.3 Å². The molecule has 88 valence electrons. The third-order valence-electron chi connectivity index (χ3n) is 3.45. The summed E-state index contributed by atoms with van der Waals surface area (Å²) in [6, 6.07) is 6.77. The van der Waals surface area contributed by atoms with Crippen molar-refractivity contribution in [1.29, 1.82) is 0 Å². The highest BCUT2D eigenvalue weighted by Crippen LogP contribution is 2.34. The van der Waals surface area contributed by atoms with Crippen molar-refractivity contribution < 1.29 is 0 Å². The van der Waals surface area contributed by atoms with Gasteiger partial charge in [-0.05, 0) is 41.5 Å². The third-order valence-corrected chi connectivity index (χ3v) is 3.45. The Hall–Kier alpha value is -1.02. The second-order valence-corrected chi connectivity index (χ2v) is 5.70. The first-order valence-corrected chi connectivity index (χ1v) is 6.11. The zero-order valence-electron chi connectivity index (χ0n) is 10.5. The van der Waals surface area contributed by atoms with E-state index in [0.717, 1.165) is 19.5 Å². The molecule has 1 aliphatic heterocycles. The number of fused-ring (bicyclic) bond motifs is 1. The zero-order chi connectivity index (χ0) is 11.8. The van der Waals surface area contributed by atoms with Crippen LogP contribution in [0.25, 0.3) is 0 Å². The average molecular weight is 218 g/mol. The van der Waals surface area contributed by atoms with E-state index >= 15 is 0 Å². The average Bonchev–Trinajstić information content (AvgIpc) is 2.26. The molecule has 0 saturated carbocycles. The van der Waals surface area contributed by atoms with E-state index in [-0.39, 0.29) is 5.41 Å². The first-order chi connectivity index (χ1) is 7.52. The van der Waals surface area contributed by atoms with Crippen molar-refractivity contribution >= 4 is 5.69 Å². The Balaban J connectivity index is 2.43. The van der Waals surface area contributed by atoms with Gasteiger partial charge in [-0.2, -0.15) is 0 Å². The van der Waals surface area contributed by atoms with Crippen LogP contribution < -0.4 is 11.1 Å². The summed E-state index contributed by atoms with van der Waals surface area (Å²) in [6.45, 7) is 8.55. The normalized spacial score (nSPS) is 20.1. The van der Waals surface area contributed by atoms with Gasteiger partial charge in [0.05, 0.1) is 0 Å². The molecule has 2 rings (SSSR count). The highest BCUT2D eigenvalue weighted by molar-refractivity contribution is 5.57. The maximum atomic E-state index is 5.85. The van der Waals surface area contributed by atoms with Gasteiger partial charge in [0.25, 0.3) is 0 Å². The highest BCUT2D eigenvalue weighted by Gasteiger charge is 2.21. The van der Waals surface area contributed by atoms with Crippen LogP contribution in [-0.4, -0.2) is 13.1 Å². The molecule has 0 bridgehead atoms. The second kappa shape index (κ2) is 4.10. The summed E-state index contributed by atoms with van der Waals surface area (Å²) in [7, 11) is 0. The number of hydrogen-bond acceptors (Lipinski definition) is 2. The van der Waals surface area contributed by atoms with Crippen molar-refractivity contribution in [2.75, 3.05) is 18.4 Å². The summed E-state index contributed by atoms with van der Waals surface area (Å²) >= 11 is 0. The van der Waals surface area contributed by atoms with Crippen molar-refractivity contribution in [3.8, 4) is 0 Å². The number of rotatable bonds is 1. The Morgan fingerprint density at radius 3 is 2.75 bits per heavy atom. The molecule has 1 unspecified atom stereocenters. The lowest BCUT2D eigenvalue weighted by molar-refractivity contribution is 0.582. The van der Waals surface area contributed by atoms with E-state index in [4.69, 9.17) is 5.73 Å². The molecule has 0 fully saturated rings. The number of benzene rings is 1. The van der Waals surface area contributed by atoms with Gasteiger partial charge in [-0.3, -0.25) is 0 Å². The second-order valence-electron chi connectivity index (χ2n) is 5.70. The lowest BCUT2D eigenvalue weighted by Crippen LogP contribution is -2.23. The van der Waals surface area contributed by atoms with Gasteiger partial charge in [0, 0.05) is 12.2 Å². The molecule has 1 heterocycles. The van der Waals surface area contributed by atoms with Crippen LogP contribution in [0.15, 0.2) is 18.2 Å². The smallest absolute Gasteiger partial charge is 0.0376 e. The molecular formula is C14H22N2. The monoisotopic (exact) mass is 218 g/mol. The fourth-order valence-corrected chi connectivity index (χ4v) is 2.31. The van der Waals surface area contributed by atoms with E-state index in [0.29, 0.717) is 5.92 Å². The van der Waals surface area contributed by atoms with Crippen molar-refractivity contribution in [2.45, 2.75) is 38.5 Å². The molecule has 2 nitrogen and oxygen atoms in total. The van der Waals surface area contributed by atoms with E-state index in [2.05, 4.69) is 44.3 Å². The molecule has 1 atom stereocenters. The third kappa shape index (κ3) is 2.07. The summed E-state index contributed by atoms with van der Waals surface area (Å²) in [5.74, 6) is 0.526. The van der Waals surface area contributed by atoms with Gasteiger partial charge < -0.3 is 11.1 Å². The quantitative estimate of drug-likeness (QED) is 0.760. The maximum Gasteiger partial charge on any atom is 0.0376 e. The molecular weight excluding hydrogens is 196 g/mol. The van der Waals surface area contributed by atoms with Crippen LogP contribution in [0.5, 0.6) is 0 Å². The fraction of sp³-hybridized carbons (Fsp3) is 0.571. The minimum absolute atomic E-state index is 0.214. The largest absolute Gasteiger partial charge is 0.385 e. The summed E-state index contributed by atoms with van der Waals surface area (Å²) in [5.41, 5.74) is 10.1. The SMILES string of the molecule is CC(C)(C)c1ccc2c(c1)C(CN)CCN2. The molecule has 3 N–H and O–H groups in total. The van der Waals surface area contributed by atoms with E-state index in [1.54, 1.807) is 0 Å². The minimum atomic E-state index is 0.214. The van der Waals surface area contributed by atoms with Gasteiger partial charge in [-0.15, -0.1) is 0 Å². The highest BCUT2D eigenvalue weighted by atomic mass is 14.9. The predicted molar refractivity (Wildman–Crippen MR) is 70.0 cm³/mol. The van der Waals surface area contributed by atoms with E-state index in [9.17, 15) is 0 Å². The van der Waals surface area contributed by atoms with Gasteiger partial charge in [0.1, 0.15) is 0 Å². The Bertz CT molecular complexity index is 377. The van der Waals surface area contributed by atoms with E-state index in [1.165, 1.54) is 16.8 Å². The molecule has 2 heteroatoms. The number of nitrogens with one attached hydrogen (secondary N) is 1. The Kier molecular flexibility index (Phi) is 2.94. The molecule has 0 aliphatic carbocycles. The van der Waals surface area contributed by atoms with Gasteiger partial charge >= 0.3 is 0 Å².